The van der Waals surface area contributed by atoms with Crippen molar-refractivity contribution < 1.29 is 27.6 Å². The summed E-state index contributed by atoms with van der Waals surface area (Å²) >= 11 is 0. The van der Waals surface area contributed by atoms with E-state index < -0.39 is 42.7 Å². The molecule has 1 heterocycles. The SMILES string of the molecule is C[C@@]1(C2CC2)NC(=O)N(CC(=O)NCC(F)(F)F)C1=O. The molecule has 1 saturated carbocycles. The maximum atomic E-state index is 12.1. The molecular formula is C11H14F3N3O3. The molecular weight excluding hydrogens is 279 g/mol. The second kappa shape index (κ2) is 4.64. The van der Waals surface area contributed by atoms with Gasteiger partial charge in [-0.25, -0.2) is 4.79 Å². The molecule has 1 aliphatic heterocycles. The maximum Gasteiger partial charge on any atom is 0.405 e. The highest BCUT2D eigenvalue weighted by Gasteiger charge is 2.56. The average Bonchev–Trinajstić information content (AvgIpc) is 3.12. The molecule has 112 valence electrons. The van der Waals surface area contributed by atoms with E-state index in [1.807, 2.05) is 0 Å². The first kappa shape index (κ1) is 14.6. The molecule has 0 bridgehead atoms. The number of rotatable bonds is 4. The number of halogens is 3. The van der Waals surface area contributed by atoms with E-state index in [1.54, 1.807) is 12.2 Å². The number of imide groups is 1. The summed E-state index contributed by atoms with van der Waals surface area (Å²) in [5.74, 6) is -1.56. The van der Waals surface area contributed by atoms with Crippen molar-refractivity contribution in [2.45, 2.75) is 31.5 Å². The highest BCUT2D eigenvalue weighted by Crippen LogP contribution is 2.42. The van der Waals surface area contributed by atoms with Crippen LogP contribution < -0.4 is 10.6 Å². The van der Waals surface area contributed by atoms with Gasteiger partial charge in [0.1, 0.15) is 18.6 Å². The third kappa shape index (κ3) is 2.86. The van der Waals surface area contributed by atoms with E-state index in [0.717, 1.165) is 12.8 Å². The number of urea groups is 1. The normalized spacial score (nSPS) is 26.7. The van der Waals surface area contributed by atoms with E-state index in [2.05, 4.69) is 5.32 Å². The van der Waals surface area contributed by atoms with E-state index in [1.165, 1.54) is 0 Å². The number of amides is 4. The number of carbonyl (C=O) groups is 3. The van der Waals surface area contributed by atoms with E-state index in [9.17, 15) is 27.6 Å². The predicted octanol–water partition coefficient (Wildman–Crippen LogP) is 0.385. The Bertz CT molecular complexity index is 462. The minimum absolute atomic E-state index is 0.0298. The summed E-state index contributed by atoms with van der Waals surface area (Å²) in [5, 5.41) is 4.13. The van der Waals surface area contributed by atoms with Crippen LogP contribution in [0.2, 0.25) is 0 Å². The number of carbonyl (C=O) groups excluding carboxylic acids is 3. The molecule has 0 radical (unpaired) electrons. The Morgan fingerprint density at radius 1 is 1.45 bits per heavy atom. The summed E-state index contributed by atoms with van der Waals surface area (Å²) in [4.78, 5) is 35.8. The van der Waals surface area contributed by atoms with Crippen LogP contribution in [0.25, 0.3) is 0 Å². The molecule has 20 heavy (non-hydrogen) atoms. The van der Waals surface area contributed by atoms with Gasteiger partial charge < -0.3 is 10.6 Å². The second-order valence-corrected chi connectivity index (χ2v) is 5.19. The molecule has 2 fully saturated rings. The molecule has 0 aromatic rings. The highest BCUT2D eigenvalue weighted by molar-refractivity contribution is 6.09. The largest absolute Gasteiger partial charge is 0.405 e. The van der Waals surface area contributed by atoms with Gasteiger partial charge in [0.2, 0.25) is 5.91 Å². The molecule has 1 saturated heterocycles. The Kier molecular flexibility index (Phi) is 3.39. The summed E-state index contributed by atoms with van der Waals surface area (Å²) < 4.78 is 35.8. The van der Waals surface area contributed by atoms with E-state index >= 15 is 0 Å². The zero-order valence-corrected chi connectivity index (χ0v) is 10.7. The summed E-state index contributed by atoms with van der Waals surface area (Å²) in [6.07, 6.45) is -2.93. The van der Waals surface area contributed by atoms with Gasteiger partial charge in [0.15, 0.2) is 0 Å². The fraction of sp³-hybridized carbons (Fsp3) is 0.727. The number of nitrogens with one attached hydrogen (secondary N) is 2. The van der Waals surface area contributed by atoms with Crippen LogP contribution >= 0.6 is 0 Å². The molecule has 2 aliphatic rings. The first-order chi connectivity index (χ1) is 9.13. The summed E-state index contributed by atoms with van der Waals surface area (Å²) in [6.45, 7) is -0.628. The van der Waals surface area contributed by atoms with Crippen molar-refractivity contribution in [2.24, 2.45) is 5.92 Å². The first-order valence-electron chi connectivity index (χ1n) is 6.11. The molecule has 0 unspecified atom stereocenters. The fourth-order valence-electron chi connectivity index (χ4n) is 2.19. The smallest absolute Gasteiger partial charge is 0.345 e. The number of hydrogen-bond donors (Lipinski definition) is 2. The molecule has 4 amide bonds. The first-order valence-corrected chi connectivity index (χ1v) is 6.11. The zero-order chi connectivity index (χ0) is 15.1. The minimum atomic E-state index is -4.53. The maximum absolute atomic E-state index is 12.1. The minimum Gasteiger partial charge on any atom is -0.345 e. The van der Waals surface area contributed by atoms with Crippen LogP contribution in [0.1, 0.15) is 19.8 Å². The molecule has 0 aromatic heterocycles. The third-order valence-corrected chi connectivity index (χ3v) is 3.48. The average molecular weight is 293 g/mol. The van der Waals surface area contributed by atoms with Gasteiger partial charge in [-0.05, 0) is 25.7 Å². The van der Waals surface area contributed by atoms with Gasteiger partial charge in [-0.3, -0.25) is 14.5 Å². The Labute approximate surface area is 112 Å². The Hall–Kier alpha value is -1.80. The Balaban J connectivity index is 1.94. The monoisotopic (exact) mass is 293 g/mol. The van der Waals surface area contributed by atoms with Crippen molar-refractivity contribution in [3.8, 4) is 0 Å². The quantitative estimate of drug-likeness (QED) is 0.736. The van der Waals surface area contributed by atoms with Crippen LogP contribution in [0, 0.1) is 5.92 Å². The standard InChI is InChI=1S/C11H14F3N3O3/c1-10(6-2-3-6)8(19)17(9(20)16-10)4-7(18)15-5-11(12,13)14/h6H,2-5H2,1H3,(H,15,18)(H,16,20)/t10-/m0/s1. The van der Waals surface area contributed by atoms with Crippen LogP contribution in [0.4, 0.5) is 18.0 Å². The van der Waals surface area contributed by atoms with Gasteiger partial charge in [0.25, 0.3) is 5.91 Å². The van der Waals surface area contributed by atoms with E-state index in [0.29, 0.717) is 4.90 Å². The highest BCUT2D eigenvalue weighted by atomic mass is 19.4. The van der Waals surface area contributed by atoms with Crippen molar-refractivity contribution in [3.63, 3.8) is 0 Å². The zero-order valence-electron chi connectivity index (χ0n) is 10.7. The Morgan fingerprint density at radius 2 is 2.05 bits per heavy atom. The molecule has 2 rings (SSSR count). The van der Waals surface area contributed by atoms with Gasteiger partial charge in [0.05, 0.1) is 0 Å². The molecule has 1 atom stereocenters. The summed E-state index contributed by atoms with van der Waals surface area (Å²) in [5.41, 5.74) is -1.04. The number of alkyl halides is 3. The van der Waals surface area contributed by atoms with Crippen molar-refractivity contribution in [1.82, 2.24) is 15.5 Å². The van der Waals surface area contributed by atoms with Gasteiger partial charge in [-0.1, -0.05) is 0 Å². The lowest BCUT2D eigenvalue weighted by Crippen LogP contribution is -2.47. The van der Waals surface area contributed by atoms with E-state index in [4.69, 9.17) is 0 Å². The van der Waals surface area contributed by atoms with Crippen LogP contribution in [0.3, 0.4) is 0 Å². The summed E-state index contributed by atoms with van der Waals surface area (Å²) in [6, 6.07) is -0.744. The van der Waals surface area contributed by atoms with Crippen LogP contribution in [-0.4, -0.2) is 47.6 Å². The van der Waals surface area contributed by atoms with Gasteiger partial charge in [0, 0.05) is 0 Å². The van der Waals surface area contributed by atoms with E-state index in [-0.39, 0.29) is 5.92 Å². The topological polar surface area (TPSA) is 78.5 Å². The summed E-state index contributed by atoms with van der Waals surface area (Å²) in [7, 11) is 0. The lowest BCUT2D eigenvalue weighted by molar-refractivity contribution is -0.141. The van der Waals surface area contributed by atoms with Gasteiger partial charge in [-0.15, -0.1) is 0 Å². The van der Waals surface area contributed by atoms with Gasteiger partial charge in [-0.2, -0.15) is 13.2 Å². The van der Waals surface area contributed by atoms with Crippen molar-refractivity contribution in [1.29, 1.82) is 0 Å². The Morgan fingerprint density at radius 3 is 2.55 bits per heavy atom. The number of hydrogen-bond acceptors (Lipinski definition) is 3. The molecule has 9 heteroatoms. The van der Waals surface area contributed by atoms with Crippen molar-refractivity contribution in [3.05, 3.63) is 0 Å². The van der Waals surface area contributed by atoms with Crippen molar-refractivity contribution in [2.75, 3.05) is 13.1 Å². The molecule has 6 nitrogen and oxygen atoms in total. The van der Waals surface area contributed by atoms with Crippen LogP contribution in [-0.2, 0) is 9.59 Å². The van der Waals surface area contributed by atoms with Gasteiger partial charge >= 0.3 is 12.2 Å². The number of nitrogens with zero attached hydrogens (tertiary/aromatic N) is 1. The predicted molar refractivity (Wildman–Crippen MR) is 60.4 cm³/mol. The second-order valence-electron chi connectivity index (χ2n) is 5.19. The fourth-order valence-corrected chi connectivity index (χ4v) is 2.19. The molecule has 0 spiro atoms. The lowest BCUT2D eigenvalue weighted by Gasteiger charge is -2.20. The third-order valence-electron chi connectivity index (χ3n) is 3.48. The molecule has 1 aliphatic carbocycles. The van der Waals surface area contributed by atoms with Crippen LogP contribution in [0.15, 0.2) is 0 Å². The lowest BCUT2D eigenvalue weighted by atomic mass is 9.96. The molecule has 2 N–H and O–H groups in total. The molecule has 0 aromatic carbocycles. The van der Waals surface area contributed by atoms with Crippen molar-refractivity contribution >= 4 is 17.8 Å². The van der Waals surface area contributed by atoms with Crippen LogP contribution in [0.5, 0.6) is 0 Å².